The van der Waals surface area contributed by atoms with Gasteiger partial charge in [0, 0.05) is 5.69 Å². The lowest BCUT2D eigenvalue weighted by Crippen LogP contribution is -1.90. The van der Waals surface area contributed by atoms with Crippen molar-refractivity contribution in [3.05, 3.63) is 29.8 Å². The molecular formula is C12H19NO2. The van der Waals surface area contributed by atoms with Crippen LogP contribution in [0.3, 0.4) is 0 Å². The molecule has 0 atom stereocenters. The number of benzene rings is 1. The zero-order valence-corrected chi connectivity index (χ0v) is 9.40. The van der Waals surface area contributed by atoms with Crippen LogP contribution in [0.2, 0.25) is 0 Å². The van der Waals surface area contributed by atoms with Gasteiger partial charge < -0.3 is 10.5 Å². The summed E-state index contributed by atoms with van der Waals surface area (Å²) in [4.78, 5) is 9.34. The van der Waals surface area contributed by atoms with E-state index in [1.165, 1.54) is 5.56 Å². The van der Waals surface area contributed by atoms with Crippen molar-refractivity contribution >= 4 is 12.2 Å². The molecule has 0 unspecified atom stereocenters. The Labute approximate surface area is 91.2 Å². The van der Waals surface area contributed by atoms with Crippen molar-refractivity contribution in [3.8, 4) is 0 Å². The summed E-state index contributed by atoms with van der Waals surface area (Å²) in [5.74, 6) is 0. The van der Waals surface area contributed by atoms with E-state index in [9.17, 15) is 4.79 Å². The first kappa shape index (κ1) is 13.5. The maximum Gasteiger partial charge on any atom is 0.293 e. The van der Waals surface area contributed by atoms with Crippen molar-refractivity contribution in [3.63, 3.8) is 0 Å². The highest BCUT2D eigenvalue weighted by molar-refractivity contribution is 5.46. The third-order valence-corrected chi connectivity index (χ3v) is 1.83. The monoisotopic (exact) mass is 209 g/mol. The molecule has 0 aromatic heterocycles. The lowest BCUT2D eigenvalue weighted by molar-refractivity contribution is -0.128. The molecule has 0 heterocycles. The molecule has 2 N–H and O–H groups in total. The van der Waals surface area contributed by atoms with E-state index in [0.717, 1.165) is 18.5 Å². The summed E-state index contributed by atoms with van der Waals surface area (Å²) < 4.78 is 4.30. The molecule has 0 saturated heterocycles. The average molecular weight is 209 g/mol. The van der Waals surface area contributed by atoms with Crippen molar-refractivity contribution in [2.24, 2.45) is 0 Å². The summed E-state index contributed by atoms with van der Waals surface area (Å²) in [7, 11) is 0. The van der Waals surface area contributed by atoms with Gasteiger partial charge in [0.1, 0.15) is 0 Å². The van der Waals surface area contributed by atoms with E-state index in [1.54, 1.807) is 0 Å². The second kappa shape index (κ2) is 9.06. The van der Waals surface area contributed by atoms with Crippen molar-refractivity contribution in [1.82, 2.24) is 0 Å². The van der Waals surface area contributed by atoms with Crippen LogP contribution >= 0.6 is 0 Å². The van der Waals surface area contributed by atoms with Crippen LogP contribution in [0.15, 0.2) is 24.3 Å². The molecule has 0 aliphatic carbocycles. The molecule has 0 spiro atoms. The van der Waals surface area contributed by atoms with Crippen LogP contribution < -0.4 is 5.73 Å². The highest BCUT2D eigenvalue weighted by atomic mass is 16.5. The van der Waals surface area contributed by atoms with Crippen molar-refractivity contribution in [2.75, 3.05) is 12.3 Å². The van der Waals surface area contributed by atoms with E-state index in [4.69, 9.17) is 5.73 Å². The van der Waals surface area contributed by atoms with Crippen LogP contribution in [0.5, 0.6) is 0 Å². The molecule has 1 aromatic carbocycles. The fourth-order valence-electron chi connectivity index (χ4n) is 1.02. The maximum absolute atomic E-state index is 9.34. The first-order chi connectivity index (χ1) is 7.26. The van der Waals surface area contributed by atoms with Gasteiger partial charge in [0.15, 0.2) is 0 Å². The summed E-state index contributed by atoms with van der Waals surface area (Å²) in [6.45, 7) is 5.06. The SMILES string of the molecule is CCCOC=O.CCc1ccccc1N. The number of anilines is 1. The van der Waals surface area contributed by atoms with Gasteiger partial charge in [0.25, 0.3) is 6.47 Å². The number of carbonyl (C=O) groups excluding carboxylic acids is 1. The highest BCUT2D eigenvalue weighted by Gasteiger charge is 1.90. The second-order valence-corrected chi connectivity index (χ2v) is 3.02. The molecule has 0 amide bonds. The number of hydrogen-bond donors (Lipinski definition) is 1. The van der Waals surface area contributed by atoms with Crippen molar-refractivity contribution < 1.29 is 9.53 Å². The zero-order valence-electron chi connectivity index (χ0n) is 9.40. The molecule has 0 aliphatic heterocycles. The van der Waals surface area contributed by atoms with Gasteiger partial charge in [-0.25, -0.2) is 0 Å². The third kappa shape index (κ3) is 6.55. The van der Waals surface area contributed by atoms with Crippen LogP contribution in [0.1, 0.15) is 25.8 Å². The van der Waals surface area contributed by atoms with E-state index in [1.807, 2.05) is 25.1 Å². The fourth-order valence-corrected chi connectivity index (χ4v) is 1.02. The molecule has 0 saturated carbocycles. The van der Waals surface area contributed by atoms with E-state index in [2.05, 4.69) is 17.7 Å². The van der Waals surface area contributed by atoms with Crippen LogP contribution in [-0.4, -0.2) is 13.1 Å². The smallest absolute Gasteiger partial charge is 0.293 e. The number of para-hydroxylation sites is 1. The summed E-state index contributed by atoms with van der Waals surface area (Å²) in [5, 5.41) is 0. The Hall–Kier alpha value is -1.51. The molecule has 0 fully saturated rings. The molecule has 3 nitrogen and oxygen atoms in total. The van der Waals surface area contributed by atoms with Gasteiger partial charge >= 0.3 is 0 Å². The summed E-state index contributed by atoms with van der Waals surface area (Å²) in [5.41, 5.74) is 7.77. The number of carbonyl (C=O) groups is 1. The van der Waals surface area contributed by atoms with Gasteiger partial charge in [-0.15, -0.1) is 0 Å². The molecule has 84 valence electrons. The number of ether oxygens (including phenoxy) is 1. The minimum atomic E-state index is 0.462. The Balaban J connectivity index is 0.000000288. The first-order valence-electron chi connectivity index (χ1n) is 5.14. The second-order valence-electron chi connectivity index (χ2n) is 3.02. The predicted octanol–water partition coefficient (Wildman–Crippen LogP) is 2.40. The number of rotatable bonds is 4. The standard InChI is InChI=1S/C8H11N.C4H8O2/c1-2-7-5-3-4-6-8(7)9;1-2-3-6-4-5/h3-6H,2,9H2,1H3;4H,2-3H2,1H3. The summed E-state index contributed by atoms with van der Waals surface area (Å²) >= 11 is 0. The maximum atomic E-state index is 9.34. The molecule has 0 radical (unpaired) electrons. The van der Waals surface area contributed by atoms with Gasteiger partial charge in [-0.05, 0) is 24.5 Å². The highest BCUT2D eigenvalue weighted by Crippen LogP contribution is 2.09. The Morgan fingerprint density at radius 3 is 2.33 bits per heavy atom. The Morgan fingerprint density at radius 1 is 1.33 bits per heavy atom. The molecular weight excluding hydrogens is 190 g/mol. The lowest BCUT2D eigenvalue weighted by atomic mass is 10.1. The zero-order chi connectivity index (χ0) is 11.5. The molecule has 15 heavy (non-hydrogen) atoms. The number of nitrogens with two attached hydrogens (primary N) is 1. The van der Waals surface area contributed by atoms with Crippen LogP contribution in [-0.2, 0) is 16.0 Å². The summed E-state index contributed by atoms with van der Waals surface area (Å²) in [6.07, 6.45) is 1.92. The predicted molar refractivity (Wildman–Crippen MR) is 62.5 cm³/mol. The normalized spacial score (nSPS) is 8.67. The van der Waals surface area contributed by atoms with Gasteiger partial charge in [-0.2, -0.15) is 0 Å². The van der Waals surface area contributed by atoms with Crippen molar-refractivity contribution in [1.29, 1.82) is 0 Å². The number of nitrogen functional groups attached to an aromatic ring is 1. The minimum Gasteiger partial charge on any atom is -0.468 e. The van der Waals surface area contributed by atoms with Crippen molar-refractivity contribution in [2.45, 2.75) is 26.7 Å². The first-order valence-corrected chi connectivity index (χ1v) is 5.14. The molecule has 1 aromatic rings. The van der Waals surface area contributed by atoms with Gasteiger partial charge in [0.2, 0.25) is 0 Å². The van der Waals surface area contributed by atoms with Crippen LogP contribution in [0.4, 0.5) is 5.69 Å². The van der Waals surface area contributed by atoms with E-state index < -0.39 is 0 Å². The molecule has 0 aliphatic rings. The van der Waals surface area contributed by atoms with E-state index >= 15 is 0 Å². The van der Waals surface area contributed by atoms with Crippen LogP contribution in [0.25, 0.3) is 0 Å². The summed E-state index contributed by atoms with van der Waals surface area (Å²) in [6, 6.07) is 7.94. The minimum absolute atomic E-state index is 0.462. The molecule has 1 rings (SSSR count). The lowest BCUT2D eigenvalue weighted by Gasteiger charge is -1.98. The fraction of sp³-hybridized carbons (Fsp3) is 0.417. The van der Waals surface area contributed by atoms with Gasteiger partial charge in [-0.3, -0.25) is 4.79 Å². The van der Waals surface area contributed by atoms with E-state index in [0.29, 0.717) is 13.1 Å². The van der Waals surface area contributed by atoms with Crippen LogP contribution in [0, 0.1) is 0 Å². The largest absolute Gasteiger partial charge is 0.468 e. The Morgan fingerprint density at radius 2 is 2.00 bits per heavy atom. The quantitative estimate of drug-likeness (QED) is 0.470. The van der Waals surface area contributed by atoms with Gasteiger partial charge in [0.05, 0.1) is 6.61 Å². The topological polar surface area (TPSA) is 52.3 Å². The Bertz CT molecular complexity index is 274. The Kier molecular flexibility index (Phi) is 8.15. The number of hydrogen-bond acceptors (Lipinski definition) is 3. The average Bonchev–Trinajstić information content (AvgIpc) is 2.28. The molecule has 3 heteroatoms. The van der Waals surface area contributed by atoms with E-state index in [-0.39, 0.29) is 0 Å². The third-order valence-electron chi connectivity index (χ3n) is 1.83. The molecule has 0 bridgehead atoms. The number of aryl methyl sites for hydroxylation is 1. The van der Waals surface area contributed by atoms with Gasteiger partial charge in [-0.1, -0.05) is 32.0 Å².